The van der Waals surface area contributed by atoms with Gasteiger partial charge in [-0.05, 0) is 58.8 Å². The van der Waals surface area contributed by atoms with Crippen LogP contribution in [-0.2, 0) is 7.05 Å². The van der Waals surface area contributed by atoms with Crippen molar-refractivity contribution >= 4 is 16.5 Å². The summed E-state index contributed by atoms with van der Waals surface area (Å²) in [7, 11) is 2.06. The summed E-state index contributed by atoms with van der Waals surface area (Å²) >= 11 is 0. The van der Waals surface area contributed by atoms with E-state index in [9.17, 15) is 0 Å². The number of anilines is 1. The fourth-order valence-electron chi connectivity index (χ4n) is 3.68. The minimum absolute atomic E-state index is 0. The summed E-state index contributed by atoms with van der Waals surface area (Å²) in [5.74, 6) is 1.04. The number of hydrogen-bond donors (Lipinski definition) is 1. The molecule has 0 unspecified atom stereocenters. The summed E-state index contributed by atoms with van der Waals surface area (Å²) in [6.45, 7) is 6.05. The SMILES string of the molecule is C=CNc1ccc2ccc(-c3cccn3C)cc2c1.CC1CCCCC1.[HH]. The lowest BCUT2D eigenvalue weighted by Crippen LogP contribution is -1.99. The lowest BCUT2D eigenvalue weighted by atomic mass is 9.91. The standard InChI is InChI=1S/C17H16N2.C7H14.H2/c1-3-18-16-9-8-13-6-7-14(11-15(13)12-16)17-5-4-10-19(17)2;1-7-5-3-2-4-6-7;/h3-12,18H,1H2,2H3;7H,2-6H2,1H3;1H. The van der Waals surface area contributed by atoms with E-state index in [1.165, 1.54) is 54.1 Å². The summed E-state index contributed by atoms with van der Waals surface area (Å²) < 4.78 is 2.13. The quantitative estimate of drug-likeness (QED) is 0.528. The summed E-state index contributed by atoms with van der Waals surface area (Å²) in [5, 5.41) is 5.59. The fraction of sp³-hybridized carbons (Fsp3) is 0.333. The second-order valence-electron chi connectivity index (χ2n) is 7.37. The van der Waals surface area contributed by atoms with Crippen LogP contribution in [0.25, 0.3) is 22.0 Å². The molecule has 1 fully saturated rings. The Hall–Kier alpha value is -2.48. The third kappa shape index (κ3) is 4.57. The third-order valence-electron chi connectivity index (χ3n) is 5.24. The molecule has 26 heavy (non-hydrogen) atoms. The van der Waals surface area contributed by atoms with Gasteiger partial charge in [0.05, 0.1) is 0 Å². The Morgan fingerprint density at radius 3 is 2.42 bits per heavy atom. The van der Waals surface area contributed by atoms with Crippen LogP contribution in [0.4, 0.5) is 5.69 Å². The smallest absolute Gasteiger partial charge is 0.0477 e. The van der Waals surface area contributed by atoms with Gasteiger partial charge in [0.25, 0.3) is 0 Å². The molecule has 0 bridgehead atoms. The number of hydrogen-bond acceptors (Lipinski definition) is 1. The number of aryl methyl sites for hydroxylation is 1. The largest absolute Gasteiger partial charge is 0.362 e. The van der Waals surface area contributed by atoms with Crippen LogP contribution in [0.5, 0.6) is 0 Å². The van der Waals surface area contributed by atoms with Crippen molar-refractivity contribution in [3.63, 3.8) is 0 Å². The molecular formula is C24H32N2. The van der Waals surface area contributed by atoms with Gasteiger partial charge in [0.1, 0.15) is 0 Å². The van der Waals surface area contributed by atoms with Gasteiger partial charge in [0.2, 0.25) is 0 Å². The van der Waals surface area contributed by atoms with Gasteiger partial charge in [-0.2, -0.15) is 0 Å². The summed E-state index contributed by atoms with van der Waals surface area (Å²) in [6, 6.07) is 17.1. The lowest BCUT2D eigenvalue weighted by molar-refractivity contribution is 0.385. The highest BCUT2D eigenvalue weighted by molar-refractivity contribution is 5.89. The van der Waals surface area contributed by atoms with Crippen molar-refractivity contribution in [2.75, 3.05) is 5.32 Å². The van der Waals surface area contributed by atoms with Gasteiger partial charge < -0.3 is 9.88 Å². The third-order valence-corrected chi connectivity index (χ3v) is 5.24. The second-order valence-corrected chi connectivity index (χ2v) is 7.37. The normalized spacial score (nSPS) is 14.5. The van der Waals surface area contributed by atoms with Crippen LogP contribution in [0.2, 0.25) is 0 Å². The van der Waals surface area contributed by atoms with Crippen LogP contribution in [0.3, 0.4) is 0 Å². The molecule has 0 aliphatic heterocycles. The first kappa shape index (κ1) is 18.3. The van der Waals surface area contributed by atoms with Crippen LogP contribution in [0, 0.1) is 5.92 Å². The van der Waals surface area contributed by atoms with Crippen LogP contribution in [-0.4, -0.2) is 4.57 Å². The molecule has 1 heterocycles. The molecule has 1 saturated carbocycles. The molecule has 0 atom stereocenters. The molecule has 0 saturated heterocycles. The Morgan fingerprint density at radius 2 is 1.81 bits per heavy atom. The van der Waals surface area contributed by atoms with Gasteiger partial charge in [-0.15, -0.1) is 0 Å². The lowest BCUT2D eigenvalue weighted by Gasteiger charge is -2.15. The van der Waals surface area contributed by atoms with E-state index in [0.29, 0.717) is 0 Å². The van der Waals surface area contributed by atoms with E-state index in [2.05, 4.69) is 85.2 Å². The molecule has 0 radical (unpaired) electrons. The first-order valence-corrected chi connectivity index (χ1v) is 9.70. The predicted molar refractivity (Wildman–Crippen MR) is 117 cm³/mol. The highest BCUT2D eigenvalue weighted by atomic mass is 14.9. The number of rotatable bonds is 3. The van der Waals surface area contributed by atoms with Gasteiger partial charge in [-0.3, -0.25) is 0 Å². The zero-order valence-electron chi connectivity index (χ0n) is 16.0. The topological polar surface area (TPSA) is 17.0 Å². The van der Waals surface area contributed by atoms with E-state index in [-0.39, 0.29) is 1.43 Å². The van der Waals surface area contributed by atoms with Crippen molar-refractivity contribution in [1.82, 2.24) is 4.57 Å². The van der Waals surface area contributed by atoms with Crippen molar-refractivity contribution in [3.05, 3.63) is 67.5 Å². The molecule has 1 N–H and O–H groups in total. The average molecular weight is 349 g/mol. The molecule has 1 aromatic heterocycles. The van der Waals surface area contributed by atoms with E-state index in [0.717, 1.165) is 11.6 Å². The average Bonchev–Trinajstić information content (AvgIpc) is 3.08. The summed E-state index contributed by atoms with van der Waals surface area (Å²) in [4.78, 5) is 0. The summed E-state index contributed by atoms with van der Waals surface area (Å²) in [6.07, 6.45) is 11.2. The van der Waals surface area contributed by atoms with Crippen molar-refractivity contribution < 1.29 is 1.43 Å². The molecular weight excluding hydrogens is 316 g/mol. The van der Waals surface area contributed by atoms with Crippen LogP contribution < -0.4 is 5.32 Å². The Kier molecular flexibility index (Phi) is 6.17. The first-order chi connectivity index (χ1) is 12.7. The number of benzene rings is 2. The van der Waals surface area contributed by atoms with Gasteiger partial charge in [0.15, 0.2) is 0 Å². The number of fused-ring (bicyclic) bond motifs is 1. The Labute approximate surface area is 159 Å². The molecule has 0 spiro atoms. The van der Waals surface area contributed by atoms with Crippen molar-refractivity contribution in [2.45, 2.75) is 39.0 Å². The highest BCUT2D eigenvalue weighted by Crippen LogP contribution is 2.26. The van der Waals surface area contributed by atoms with E-state index >= 15 is 0 Å². The monoisotopic (exact) mass is 348 g/mol. The molecule has 1 aliphatic rings. The van der Waals surface area contributed by atoms with Crippen LogP contribution in [0.1, 0.15) is 40.5 Å². The minimum Gasteiger partial charge on any atom is -0.362 e. The Balaban J connectivity index is 0.000000278. The molecule has 138 valence electrons. The minimum atomic E-state index is 0. The summed E-state index contributed by atoms with van der Waals surface area (Å²) in [5.41, 5.74) is 3.52. The van der Waals surface area contributed by atoms with Crippen LogP contribution in [0.15, 0.2) is 67.5 Å². The predicted octanol–water partition coefficient (Wildman–Crippen LogP) is 7.23. The maximum atomic E-state index is 3.69. The molecule has 2 heteroatoms. The Morgan fingerprint density at radius 1 is 1.04 bits per heavy atom. The van der Waals surface area contributed by atoms with Gasteiger partial charge >= 0.3 is 0 Å². The van der Waals surface area contributed by atoms with E-state index < -0.39 is 0 Å². The maximum Gasteiger partial charge on any atom is 0.0477 e. The number of nitrogens with zero attached hydrogens (tertiary/aromatic N) is 1. The van der Waals surface area contributed by atoms with Crippen LogP contribution >= 0.6 is 0 Å². The molecule has 2 aromatic carbocycles. The van der Waals surface area contributed by atoms with E-state index in [4.69, 9.17) is 0 Å². The van der Waals surface area contributed by atoms with Crippen molar-refractivity contribution in [1.29, 1.82) is 0 Å². The van der Waals surface area contributed by atoms with Gasteiger partial charge in [-0.1, -0.05) is 63.8 Å². The zero-order valence-corrected chi connectivity index (χ0v) is 16.0. The molecule has 3 aromatic rings. The van der Waals surface area contributed by atoms with Crippen molar-refractivity contribution in [2.24, 2.45) is 13.0 Å². The molecule has 1 aliphatic carbocycles. The molecule has 0 amide bonds. The first-order valence-electron chi connectivity index (χ1n) is 9.70. The van der Waals surface area contributed by atoms with Gasteiger partial charge in [-0.25, -0.2) is 0 Å². The van der Waals surface area contributed by atoms with E-state index in [1.807, 2.05) is 0 Å². The molecule has 2 nitrogen and oxygen atoms in total. The zero-order chi connectivity index (χ0) is 18.4. The van der Waals surface area contributed by atoms with Gasteiger partial charge in [0, 0.05) is 26.1 Å². The highest BCUT2D eigenvalue weighted by Gasteiger charge is 2.06. The van der Waals surface area contributed by atoms with Crippen molar-refractivity contribution in [3.8, 4) is 11.3 Å². The Bertz CT molecular complexity index is 860. The maximum absolute atomic E-state index is 3.69. The number of nitrogens with one attached hydrogen (secondary N) is 1. The molecule has 4 rings (SSSR count). The fourth-order valence-corrected chi connectivity index (χ4v) is 3.68. The van der Waals surface area contributed by atoms with E-state index in [1.54, 1.807) is 6.20 Å². The second kappa shape index (κ2) is 8.75. The number of aromatic nitrogens is 1.